The second-order valence-corrected chi connectivity index (χ2v) is 7.86. The van der Waals surface area contributed by atoms with Gasteiger partial charge < -0.3 is 20.5 Å². The summed E-state index contributed by atoms with van der Waals surface area (Å²) in [5.41, 5.74) is 9.23. The summed E-state index contributed by atoms with van der Waals surface area (Å²) >= 11 is 0. The summed E-state index contributed by atoms with van der Waals surface area (Å²) in [6, 6.07) is 19.3. The molecule has 1 aromatic heterocycles. The van der Waals surface area contributed by atoms with Gasteiger partial charge in [0.2, 0.25) is 0 Å². The van der Waals surface area contributed by atoms with Gasteiger partial charge in [0, 0.05) is 13.7 Å². The van der Waals surface area contributed by atoms with Gasteiger partial charge in [0.25, 0.3) is 5.91 Å². The van der Waals surface area contributed by atoms with Crippen molar-refractivity contribution < 1.29 is 14.3 Å². The molecule has 3 rings (SSSR count). The first kappa shape index (κ1) is 23.3. The van der Waals surface area contributed by atoms with E-state index < -0.39 is 0 Å². The van der Waals surface area contributed by atoms with Crippen LogP contribution < -0.4 is 15.8 Å². The maximum Gasteiger partial charge on any atom is 0.255 e. The first-order valence-electron chi connectivity index (χ1n) is 10.9. The van der Waals surface area contributed by atoms with Crippen LogP contribution in [0.1, 0.15) is 59.8 Å². The number of pyridine rings is 1. The molecule has 0 saturated carbocycles. The molecule has 0 aliphatic carbocycles. The monoisotopic (exact) mass is 433 g/mol. The van der Waals surface area contributed by atoms with Gasteiger partial charge in [0.05, 0.1) is 17.9 Å². The van der Waals surface area contributed by atoms with Gasteiger partial charge in [-0.3, -0.25) is 4.79 Å². The van der Waals surface area contributed by atoms with Gasteiger partial charge >= 0.3 is 0 Å². The number of carbonyl (C=O) groups is 1. The molecular formula is C26H31N3O3. The molecule has 0 fully saturated rings. The number of nitrogens with one attached hydrogen (secondary N) is 1. The zero-order valence-corrected chi connectivity index (χ0v) is 18.9. The van der Waals surface area contributed by atoms with Crippen molar-refractivity contribution >= 4 is 11.7 Å². The fourth-order valence-electron chi connectivity index (χ4n) is 3.49. The lowest BCUT2D eigenvalue weighted by atomic mass is 9.97. The molecule has 1 unspecified atom stereocenters. The van der Waals surface area contributed by atoms with Crippen LogP contribution in [-0.2, 0) is 17.9 Å². The lowest BCUT2D eigenvalue weighted by molar-refractivity contribution is 0.0951. The Balaban J connectivity index is 1.54. The van der Waals surface area contributed by atoms with Crippen LogP contribution in [0.25, 0.3) is 0 Å². The number of benzene rings is 2. The standard InChI is InChI=1S/C26H31N3O3/c1-4-5-18(2)20-8-13-23(14-9-20)32-22-11-6-19(7-12-22)16-28-26(30)24-15-10-21(17-31-3)29-25(24)27/h6-15,18H,4-5,16-17H2,1-3H3,(H2,27,29)(H,28,30). The molecule has 0 spiro atoms. The van der Waals surface area contributed by atoms with Crippen molar-refractivity contribution in [2.75, 3.05) is 12.8 Å². The number of methoxy groups -OCH3 is 1. The van der Waals surface area contributed by atoms with Crippen molar-refractivity contribution in [3.63, 3.8) is 0 Å². The predicted octanol–water partition coefficient (Wildman–Crippen LogP) is 5.44. The van der Waals surface area contributed by atoms with Crippen LogP contribution in [0.3, 0.4) is 0 Å². The molecule has 6 nitrogen and oxygen atoms in total. The number of nitrogens with two attached hydrogens (primary N) is 1. The Kier molecular flexibility index (Phi) is 8.22. The van der Waals surface area contributed by atoms with Gasteiger partial charge in [0.1, 0.15) is 17.3 Å². The molecule has 0 aliphatic heterocycles. The number of nitrogens with zero attached hydrogens (tertiary/aromatic N) is 1. The third-order valence-electron chi connectivity index (χ3n) is 5.30. The van der Waals surface area contributed by atoms with Crippen molar-refractivity contribution in [1.82, 2.24) is 10.3 Å². The van der Waals surface area contributed by atoms with E-state index in [2.05, 4.69) is 36.3 Å². The van der Waals surface area contributed by atoms with Crippen LogP contribution >= 0.6 is 0 Å². The maximum absolute atomic E-state index is 12.4. The summed E-state index contributed by atoms with van der Waals surface area (Å²) in [6.45, 7) is 5.18. The minimum absolute atomic E-state index is 0.191. The van der Waals surface area contributed by atoms with Crippen molar-refractivity contribution in [3.8, 4) is 11.5 Å². The fraction of sp³-hybridized carbons (Fsp3) is 0.308. The lowest BCUT2D eigenvalue weighted by Crippen LogP contribution is -2.24. The Morgan fingerprint density at radius 2 is 1.69 bits per heavy atom. The fourth-order valence-corrected chi connectivity index (χ4v) is 3.49. The molecule has 32 heavy (non-hydrogen) atoms. The van der Waals surface area contributed by atoms with E-state index in [0.29, 0.717) is 30.3 Å². The summed E-state index contributed by atoms with van der Waals surface area (Å²) in [5.74, 6) is 2.03. The number of rotatable bonds is 10. The molecule has 1 amide bonds. The summed E-state index contributed by atoms with van der Waals surface area (Å²) in [6.07, 6.45) is 2.36. The van der Waals surface area contributed by atoms with E-state index in [1.54, 1.807) is 19.2 Å². The molecule has 0 saturated heterocycles. The average molecular weight is 434 g/mol. The molecule has 0 aliphatic rings. The highest BCUT2D eigenvalue weighted by atomic mass is 16.5. The van der Waals surface area contributed by atoms with Gasteiger partial charge in [-0.2, -0.15) is 0 Å². The number of nitrogen functional groups attached to an aromatic ring is 1. The van der Waals surface area contributed by atoms with Crippen LogP contribution in [0.15, 0.2) is 60.7 Å². The molecule has 1 heterocycles. The van der Waals surface area contributed by atoms with Gasteiger partial charge in [-0.05, 0) is 59.9 Å². The number of amides is 1. The number of aromatic nitrogens is 1. The highest BCUT2D eigenvalue weighted by Crippen LogP contribution is 2.26. The van der Waals surface area contributed by atoms with Crippen molar-refractivity contribution in [3.05, 3.63) is 83.0 Å². The highest BCUT2D eigenvalue weighted by Gasteiger charge is 2.11. The summed E-state index contributed by atoms with van der Waals surface area (Å²) < 4.78 is 11.0. The summed E-state index contributed by atoms with van der Waals surface area (Å²) in [4.78, 5) is 16.6. The minimum Gasteiger partial charge on any atom is -0.457 e. The van der Waals surface area contributed by atoms with E-state index in [1.807, 2.05) is 36.4 Å². The molecular weight excluding hydrogens is 402 g/mol. The molecule has 3 aromatic rings. The SMILES string of the molecule is CCCC(C)c1ccc(Oc2ccc(CNC(=O)c3ccc(COC)nc3N)cc2)cc1. The van der Waals surface area contributed by atoms with E-state index in [0.717, 1.165) is 17.1 Å². The van der Waals surface area contributed by atoms with Crippen molar-refractivity contribution in [2.45, 2.75) is 45.8 Å². The Morgan fingerprint density at radius 3 is 2.28 bits per heavy atom. The smallest absolute Gasteiger partial charge is 0.255 e. The van der Waals surface area contributed by atoms with Gasteiger partial charge in [0.15, 0.2) is 0 Å². The molecule has 168 valence electrons. The van der Waals surface area contributed by atoms with E-state index >= 15 is 0 Å². The third-order valence-corrected chi connectivity index (χ3v) is 5.30. The number of hydrogen-bond acceptors (Lipinski definition) is 5. The average Bonchev–Trinajstić information content (AvgIpc) is 2.79. The Bertz CT molecular complexity index is 1020. The van der Waals surface area contributed by atoms with Gasteiger partial charge in [-0.1, -0.05) is 44.5 Å². The zero-order chi connectivity index (χ0) is 22.9. The van der Waals surface area contributed by atoms with E-state index in [1.165, 1.54) is 18.4 Å². The van der Waals surface area contributed by atoms with Crippen LogP contribution in [0, 0.1) is 0 Å². The Hall–Kier alpha value is -3.38. The largest absolute Gasteiger partial charge is 0.457 e. The van der Waals surface area contributed by atoms with Gasteiger partial charge in [-0.15, -0.1) is 0 Å². The van der Waals surface area contributed by atoms with E-state index in [9.17, 15) is 4.79 Å². The summed E-state index contributed by atoms with van der Waals surface area (Å²) in [7, 11) is 1.58. The number of hydrogen-bond donors (Lipinski definition) is 2. The minimum atomic E-state index is -0.267. The second-order valence-electron chi connectivity index (χ2n) is 7.86. The van der Waals surface area contributed by atoms with Crippen molar-refractivity contribution in [1.29, 1.82) is 0 Å². The molecule has 3 N–H and O–H groups in total. The second kappa shape index (κ2) is 11.3. The van der Waals surface area contributed by atoms with Crippen molar-refractivity contribution in [2.24, 2.45) is 0 Å². The molecule has 0 bridgehead atoms. The highest BCUT2D eigenvalue weighted by molar-refractivity contribution is 5.98. The van der Waals surface area contributed by atoms with E-state index in [4.69, 9.17) is 15.2 Å². The normalized spacial score (nSPS) is 11.7. The first-order valence-corrected chi connectivity index (χ1v) is 10.9. The Labute approximate surface area is 189 Å². The van der Waals surface area contributed by atoms with Crippen LogP contribution in [0.2, 0.25) is 0 Å². The Morgan fingerprint density at radius 1 is 1.03 bits per heavy atom. The number of carbonyl (C=O) groups excluding carboxylic acids is 1. The third kappa shape index (κ3) is 6.31. The molecule has 1 atom stereocenters. The molecule has 2 aromatic carbocycles. The van der Waals surface area contributed by atoms with Crippen LogP contribution in [-0.4, -0.2) is 18.0 Å². The summed E-state index contributed by atoms with van der Waals surface area (Å²) in [5, 5.41) is 2.87. The molecule has 0 radical (unpaired) electrons. The first-order chi connectivity index (χ1) is 15.5. The lowest BCUT2D eigenvalue weighted by Gasteiger charge is -2.12. The quantitative estimate of drug-likeness (QED) is 0.445. The van der Waals surface area contributed by atoms with E-state index in [-0.39, 0.29) is 11.7 Å². The maximum atomic E-state index is 12.4. The topological polar surface area (TPSA) is 86.5 Å². The van der Waals surface area contributed by atoms with Crippen LogP contribution in [0.4, 0.5) is 5.82 Å². The zero-order valence-electron chi connectivity index (χ0n) is 18.9. The molecule has 6 heteroatoms. The predicted molar refractivity (Wildman–Crippen MR) is 127 cm³/mol. The number of ether oxygens (including phenoxy) is 2. The van der Waals surface area contributed by atoms with Crippen LogP contribution in [0.5, 0.6) is 11.5 Å². The van der Waals surface area contributed by atoms with Gasteiger partial charge in [-0.25, -0.2) is 4.98 Å². The number of anilines is 1.